The minimum absolute atomic E-state index is 0.0280. The highest BCUT2D eigenvalue weighted by Crippen LogP contribution is 2.41. The maximum atomic E-state index is 11.1. The van der Waals surface area contributed by atoms with E-state index in [9.17, 15) is 4.79 Å². The van der Waals surface area contributed by atoms with E-state index in [0.717, 1.165) is 11.9 Å². The molecule has 0 saturated carbocycles. The smallest absolute Gasteiger partial charge is 0.481 e. The van der Waals surface area contributed by atoms with Crippen LogP contribution in [0.2, 0.25) is 0 Å². The van der Waals surface area contributed by atoms with Gasteiger partial charge in [0, 0.05) is 0 Å². The van der Waals surface area contributed by atoms with Crippen molar-refractivity contribution in [3.8, 4) is 0 Å². The number of allylic oxidation sites excluding steroid dienone is 2. The Bertz CT molecular complexity index is 398. The normalized spacial score (nSPS) is 33.1. The predicted molar refractivity (Wildman–Crippen MR) is 73.7 cm³/mol. The largest absolute Gasteiger partial charge is 0.490 e. The molecule has 1 heterocycles. The Labute approximate surface area is 115 Å². The molecular formula is C14H23BO4. The van der Waals surface area contributed by atoms with Gasteiger partial charge in [0.1, 0.15) is 0 Å². The fraction of sp³-hybridized carbons (Fsp3) is 0.786. The number of rotatable bonds is 2. The Morgan fingerprint density at radius 2 is 1.84 bits per heavy atom. The molecule has 4 nitrogen and oxygen atoms in total. The molecule has 2 rings (SSSR count). The standard InChI is InChI=1S/C14H23BO4/c1-9-8-10(6-7-11(9)12(16)17)15-18-13(2,3)14(4,5)19-15/h8-9,11H,6-7H2,1-5H3,(H,16,17)/t9-,11+/m1/s1. The van der Waals surface area contributed by atoms with E-state index < -0.39 is 5.97 Å². The van der Waals surface area contributed by atoms with Crippen molar-refractivity contribution in [2.24, 2.45) is 11.8 Å². The zero-order valence-corrected chi connectivity index (χ0v) is 12.4. The Kier molecular flexibility index (Phi) is 3.56. The van der Waals surface area contributed by atoms with E-state index in [2.05, 4.69) is 0 Å². The van der Waals surface area contributed by atoms with Crippen LogP contribution in [0, 0.1) is 11.8 Å². The molecule has 1 fully saturated rings. The van der Waals surface area contributed by atoms with Crippen LogP contribution in [-0.4, -0.2) is 29.4 Å². The van der Waals surface area contributed by atoms with Crippen molar-refractivity contribution in [2.45, 2.75) is 58.7 Å². The van der Waals surface area contributed by atoms with Gasteiger partial charge in [0.25, 0.3) is 0 Å². The van der Waals surface area contributed by atoms with Gasteiger partial charge in [0.2, 0.25) is 0 Å². The van der Waals surface area contributed by atoms with E-state index in [0.29, 0.717) is 6.42 Å². The van der Waals surface area contributed by atoms with Crippen LogP contribution in [0.3, 0.4) is 0 Å². The first-order chi connectivity index (χ1) is 8.64. The summed E-state index contributed by atoms with van der Waals surface area (Å²) in [5.74, 6) is -0.969. The van der Waals surface area contributed by atoms with Gasteiger partial charge in [-0.2, -0.15) is 0 Å². The van der Waals surface area contributed by atoms with Gasteiger partial charge in [-0.3, -0.25) is 4.79 Å². The molecule has 0 radical (unpaired) electrons. The number of carboxylic acids is 1. The van der Waals surface area contributed by atoms with Crippen molar-refractivity contribution in [1.29, 1.82) is 0 Å². The van der Waals surface area contributed by atoms with Crippen molar-refractivity contribution in [3.63, 3.8) is 0 Å². The second-order valence-corrected chi connectivity index (χ2v) is 6.67. The Balaban J connectivity index is 2.14. The first-order valence-electron chi connectivity index (χ1n) is 6.93. The highest BCUT2D eigenvalue weighted by Gasteiger charge is 2.52. The monoisotopic (exact) mass is 266 g/mol. The zero-order valence-electron chi connectivity index (χ0n) is 12.4. The van der Waals surface area contributed by atoms with E-state index in [1.165, 1.54) is 0 Å². The Morgan fingerprint density at radius 1 is 1.32 bits per heavy atom. The molecule has 0 spiro atoms. The molecule has 0 aromatic carbocycles. The van der Waals surface area contributed by atoms with Gasteiger partial charge < -0.3 is 14.4 Å². The van der Waals surface area contributed by atoms with E-state index >= 15 is 0 Å². The predicted octanol–water partition coefficient (Wildman–Crippen LogP) is 2.67. The SMILES string of the molecule is C[C@@H]1C=C(B2OC(C)(C)C(C)(C)O2)CC[C@@H]1C(=O)O. The molecule has 5 heteroatoms. The summed E-state index contributed by atoms with van der Waals surface area (Å²) in [5, 5.41) is 9.13. The lowest BCUT2D eigenvalue weighted by atomic mass is 9.68. The molecule has 0 aromatic rings. The quantitative estimate of drug-likeness (QED) is 0.781. The van der Waals surface area contributed by atoms with Crippen LogP contribution in [0.4, 0.5) is 0 Å². The summed E-state index contributed by atoms with van der Waals surface area (Å²) in [7, 11) is -0.331. The van der Waals surface area contributed by atoms with Gasteiger partial charge in [-0.15, -0.1) is 0 Å². The van der Waals surface area contributed by atoms with Crippen LogP contribution < -0.4 is 0 Å². The highest BCUT2D eigenvalue weighted by molar-refractivity contribution is 6.54. The number of hydrogen-bond donors (Lipinski definition) is 1. The van der Waals surface area contributed by atoms with Crippen molar-refractivity contribution in [2.75, 3.05) is 0 Å². The minimum Gasteiger partial charge on any atom is -0.481 e. The fourth-order valence-electron chi connectivity index (χ4n) is 2.66. The number of carboxylic acid groups (broad SMARTS) is 1. The zero-order chi connectivity index (χ0) is 14.4. The van der Waals surface area contributed by atoms with Crippen LogP contribution in [0.1, 0.15) is 47.5 Å². The van der Waals surface area contributed by atoms with E-state index in [1.54, 1.807) is 0 Å². The lowest BCUT2D eigenvalue weighted by Crippen LogP contribution is -2.41. The second-order valence-electron chi connectivity index (χ2n) is 6.67. The molecule has 0 amide bonds. The molecule has 0 bridgehead atoms. The summed E-state index contributed by atoms with van der Waals surface area (Å²) in [6.07, 6.45) is 3.41. The van der Waals surface area contributed by atoms with E-state index in [4.69, 9.17) is 14.4 Å². The Morgan fingerprint density at radius 3 is 2.26 bits per heavy atom. The average molecular weight is 266 g/mol. The molecule has 2 atom stereocenters. The molecule has 0 aromatic heterocycles. The van der Waals surface area contributed by atoms with Gasteiger partial charge >= 0.3 is 13.1 Å². The van der Waals surface area contributed by atoms with Crippen LogP contribution in [0.5, 0.6) is 0 Å². The highest BCUT2D eigenvalue weighted by atomic mass is 16.7. The second kappa shape index (κ2) is 4.63. The van der Waals surface area contributed by atoms with Gasteiger partial charge in [-0.1, -0.05) is 13.0 Å². The minimum atomic E-state index is -0.711. The summed E-state index contributed by atoms with van der Waals surface area (Å²) in [4.78, 5) is 11.1. The number of hydrogen-bond acceptors (Lipinski definition) is 3. The first-order valence-corrected chi connectivity index (χ1v) is 6.93. The summed E-state index contributed by atoms with van der Waals surface area (Å²) >= 11 is 0. The van der Waals surface area contributed by atoms with Crippen molar-refractivity contribution >= 4 is 13.1 Å². The van der Waals surface area contributed by atoms with Crippen LogP contribution in [0.15, 0.2) is 11.5 Å². The molecular weight excluding hydrogens is 243 g/mol. The lowest BCUT2D eigenvalue weighted by Gasteiger charge is -2.32. The molecule has 1 aliphatic carbocycles. The summed E-state index contributed by atoms with van der Waals surface area (Å²) in [5.41, 5.74) is 0.403. The van der Waals surface area contributed by atoms with Crippen LogP contribution >= 0.6 is 0 Å². The van der Waals surface area contributed by atoms with Crippen molar-refractivity contribution in [1.82, 2.24) is 0 Å². The summed E-state index contributed by atoms with van der Waals surface area (Å²) in [6, 6.07) is 0. The third-order valence-corrected chi connectivity index (χ3v) is 4.73. The summed E-state index contributed by atoms with van der Waals surface area (Å²) < 4.78 is 12.0. The van der Waals surface area contributed by atoms with Gasteiger partial charge in [0.15, 0.2) is 0 Å². The van der Waals surface area contributed by atoms with E-state index in [-0.39, 0.29) is 30.2 Å². The van der Waals surface area contributed by atoms with Crippen molar-refractivity contribution in [3.05, 3.63) is 11.5 Å². The molecule has 106 valence electrons. The molecule has 1 N–H and O–H groups in total. The Hall–Kier alpha value is -0.805. The molecule has 0 unspecified atom stereocenters. The number of carbonyl (C=O) groups is 1. The van der Waals surface area contributed by atoms with Gasteiger partial charge in [-0.05, 0) is 51.9 Å². The maximum absolute atomic E-state index is 11.1. The van der Waals surface area contributed by atoms with E-state index in [1.807, 2.05) is 40.7 Å². The molecule has 2 aliphatic rings. The third-order valence-electron chi connectivity index (χ3n) is 4.73. The molecule has 1 saturated heterocycles. The molecule has 1 aliphatic heterocycles. The topological polar surface area (TPSA) is 55.8 Å². The average Bonchev–Trinajstić information content (AvgIpc) is 2.47. The van der Waals surface area contributed by atoms with Crippen molar-refractivity contribution < 1.29 is 19.2 Å². The van der Waals surface area contributed by atoms with Crippen LogP contribution in [0.25, 0.3) is 0 Å². The lowest BCUT2D eigenvalue weighted by molar-refractivity contribution is -0.143. The maximum Gasteiger partial charge on any atom is 0.490 e. The first kappa shape index (κ1) is 14.6. The van der Waals surface area contributed by atoms with Gasteiger partial charge in [0.05, 0.1) is 17.1 Å². The molecule has 19 heavy (non-hydrogen) atoms. The summed E-state index contributed by atoms with van der Waals surface area (Å²) in [6.45, 7) is 10.1. The van der Waals surface area contributed by atoms with Crippen LogP contribution in [-0.2, 0) is 14.1 Å². The number of aliphatic carboxylic acids is 1. The third kappa shape index (κ3) is 2.58. The van der Waals surface area contributed by atoms with Gasteiger partial charge in [-0.25, -0.2) is 0 Å². The fourth-order valence-corrected chi connectivity index (χ4v) is 2.66.